The van der Waals surface area contributed by atoms with Gasteiger partial charge in [-0.2, -0.15) is 0 Å². The van der Waals surface area contributed by atoms with Crippen molar-refractivity contribution in [1.82, 2.24) is 0 Å². The van der Waals surface area contributed by atoms with Crippen LogP contribution in [0.3, 0.4) is 0 Å². The van der Waals surface area contributed by atoms with E-state index < -0.39 is 6.10 Å². The molecule has 1 aliphatic heterocycles. The Labute approximate surface area is 93.8 Å². The first-order valence-electron chi connectivity index (χ1n) is 5.29. The van der Waals surface area contributed by atoms with Gasteiger partial charge in [-0.15, -0.1) is 0 Å². The number of rotatable bonds is 2. The van der Waals surface area contributed by atoms with Crippen LogP contribution in [0.5, 0.6) is 11.5 Å². The summed E-state index contributed by atoms with van der Waals surface area (Å²) in [5.41, 5.74) is 0.845. The Balaban J connectivity index is 2.24. The highest BCUT2D eigenvalue weighted by Crippen LogP contribution is 2.40. The number of esters is 1. The summed E-state index contributed by atoms with van der Waals surface area (Å²) in [5.74, 6) is 0.369. The first-order valence-corrected chi connectivity index (χ1v) is 5.29. The van der Waals surface area contributed by atoms with Gasteiger partial charge in [-0.25, -0.2) is 4.79 Å². The fourth-order valence-electron chi connectivity index (χ4n) is 1.88. The fourth-order valence-corrected chi connectivity index (χ4v) is 1.88. The van der Waals surface area contributed by atoms with E-state index in [1.165, 1.54) is 0 Å². The molecule has 0 aromatic heterocycles. The third-order valence-electron chi connectivity index (χ3n) is 2.71. The van der Waals surface area contributed by atoms with E-state index >= 15 is 0 Å². The van der Waals surface area contributed by atoms with E-state index in [4.69, 9.17) is 9.47 Å². The lowest BCUT2D eigenvalue weighted by atomic mass is 9.97. The zero-order valence-electron chi connectivity index (χ0n) is 9.27. The van der Waals surface area contributed by atoms with E-state index in [1.54, 1.807) is 25.1 Å². The van der Waals surface area contributed by atoms with Gasteiger partial charge in [-0.05, 0) is 25.1 Å². The summed E-state index contributed by atoms with van der Waals surface area (Å²) in [6, 6.07) is 4.83. The van der Waals surface area contributed by atoms with E-state index in [-0.39, 0.29) is 17.6 Å². The third kappa shape index (κ3) is 1.71. The SMILES string of the molecule is CCOC(=O)C1Oc2ccc(O)cc2C1C. The van der Waals surface area contributed by atoms with Crippen LogP contribution in [0.2, 0.25) is 0 Å². The lowest BCUT2D eigenvalue weighted by Crippen LogP contribution is -2.29. The number of fused-ring (bicyclic) bond motifs is 1. The quantitative estimate of drug-likeness (QED) is 0.775. The van der Waals surface area contributed by atoms with Crippen LogP contribution < -0.4 is 4.74 Å². The molecule has 0 fully saturated rings. The standard InChI is InChI=1S/C12H14O4/c1-3-15-12(14)11-7(2)9-6-8(13)4-5-10(9)16-11/h4-7,11,13H,3H2,1-2H3. The second kappa shape index (κ2) is 4.04. The molecule has 4 nitrogen and oxygen atoms in total. The van der Waals surface area contributed by atoms with Crippen molar-refractivity contribution in [1.29, 1.82) is 0 Å². The van der Waals surface area contributed by atoms with Crippen molar-refractivity contribution < 1.29 is 19.4 Å². The summed E-state index contributed by atoms with van der Waals surface area (Å²) in [5, 5.41) is 9.37. The van der Waals surface area contributed by atoms with Gasteiger partial charge < -0.3 is 14.6 Å². The van der Waals surface area contributed by atoms with Crippen molar-refractivity contribution in [2.75, 3.05) is 6.61 Å². The predicted molar refractivity (Wildman–Crippen MR) is 57.6 cm³/mol. The molecule has 4 heteroatoms. The smallest absolute Gasteiger partial charge is 0.347 e. The predicted octanol–water partition coefficient (Wildman–Crippen LogP) is 1.82. The molecular formula is C12H14O4. The second-order valence-corrected chi connectivity index (χ2v) is 3.80. The average molecular weight is 222 g/mol. The molecule has 0 bridgehead atoms. The molecule has 2 rings (SSSR count). The Morgan fingerprint density at radius 1 is 1.56 bits per heavy atom. The molecule has 1 aromatic rings. The number of hydrogen-bond acceptors (Lipinski definition) is 4. The van der Waals surface area contributed by atoms with Crippen LogP contribution in [-0.4, -0.2) is 23.8 Å². The largest absolute Gasteiger partial charge is 0.508 e. The molecule has 0 saturated carbocycles. The summed E-state index contributed by atoms with van der Waals surface area (Å²) in [7, 11) is 0. The van der Waals surface area contributed by atoms with Crippen LogP contribution >= 0.6 is 0 Å². The zero-order chi connectivity index (χ0) is 11.7. The molecule has 0 spiro atoms. The van der Waals surface area contributed by atoms with Crippen LogP contribution in [0.15, 0.2) is 18.2 Å². The highest BCUT2D eigenvalue weighted by molar-refractivity contribution is 5.78. The first-order chi connectivity index (χ1) is 7.63. The van der Waals surface area contributed by atoms with Gasteiger partial charge in [0.1, 0.15) is 11.5 Å². The van der Waals surface area contributed by atoms with Crippen molar-refractivity contribution in [3.63, 3.8) is 0 Å². The summed E-state index contributed by atoms with van der Waals surface area (Å²) in [6.07, 6.45) is -0.600. The minimum absolute atomic E-state index is 0.0962. The number of carbonyl (C=O) groups is 1. The van der Waals surface area contributed by atoms with Crippen LogP contribution in [0, 0.1) is 0 Å². The molecule has 1 heterocycles. The van der Waals surface area contributed by atoms with Gasteiger partial charge in [-0.3, -0.25) is 0 Å². The van der Waals surface area contributed by atoms with Gasteiger partial charge in [0.2, 0.25) is 6.10 Å². The average Bonchev–Trinajstić information content (AvgIpc) is 2.57. The van der Waals surface area contributed by atoms with E-state index in [2.05, 4.69) is 0 Å². The zero-order valence-corrected chi connectivity index (χ0v) is 9.27. The monoisotopic (exact) mass is 222 g/mol. The van der Waals surface area contributed by atoms with Crippen molar-refractivity contribution in [3.8, 4) is 11.5 Å². The highest BCUT2D eigenvalue weighted by atomic mass is 16.6. The molecule has 16 heavy (non-hydrogen) atoms. The van der Waals surface area contributed by atoms with Crippen LogP contribution in [0.25, 0.3) is 0 Å². The van der Waals surface area contributed by atoms with Crippen LogP contribution in [0.4, 0.5) is 0 Å². The molecule has 1 aromatic carbocycles. The molecule has 2 unspecified atom stereocenters. The van der Waals surface area contributed by atoms with Crippen molar-refractivity contribution in [3.05, 3.63) is 23.8 Å². The fraction of sp³-hybridized carbons (Fsp3) is 0.417. The van der Waals surface area contributed by atoms with E-state index in [1.807, 2.05) is 6.92 Å². The van der Waals surface area contributed by atoms with Crippen molar-refractivity contribution in [2.24, 2.45) is 0 Å². The molecule has 0 aliphatic carbocycles. The number of hydrogen-bond donors (Lipinski definition) is 1. The molecule has 1 N–H and O–H groups in total. The molecule has 1 aliphatic rings. The lowest BCUT2D eigenvalue weighted by molar-refractivity contribution is -0.151. The van der Waals surface area contributed by atoms with Gasteiger partial charge in [0.25, 0.3) is 0 Å². The maximum atomic E-state index is 11.6. The van der Waals surface area contributed by atoms with E-state index in [9.17, 15) is 9.90 Å². The summed E-state index contributed by atoms with van der Waals surface area (Å²) < 4.78 is 10.4. The Bertz CT molecular complexity index is 413. The maximum Gasteiger partial charge on any atom is 0.347 e. The number of aromatic hydroxyl groups is 1. The van der Waals surface area contributed by atoms with Gasteiger partial charge >= 0.3 is 5.97 Å². The Morgan fingerprint density at radius 3 is 3.00 bits per heavy atom. The molecule has 0 radical (unpaired) electrons. The number of phenols is 1. The Morgan fingerprint density at radius 2 is 2.31 bits per heavy atom. The minimum Gasteiger partial charge on any atom is -0.508 e. The molecule has 2 atom stereocenters. The van der Waals surface area contributed by atoms with Crippen molar-refractivity contribution in [2.45, 2.75) is 25.9 Å². The molecular weight excluding hydrogens is 208 g/mol. The topological polar surface area (TPSA) is 55.8 Å². The van der Waals surface area contributed by atoms with E-state index in [0.29, 0.717) is 12.4 Å². The minimum atomic E-state index is -0.600. The lowest BCUT2D eigenvalue weighted by Gasteiger charge is -2.13. The van der Waals surface area contributed by atoms with Crippen LogP contribution in [-0.2, 0) is 9.53 Å². The Hall–Kier alpha value is -1.71. The molecule has 0 amide bonds. The van der Waals surface area contributed by atoms with Crippen LogP contribution in [0.1, 0.15) is 25.3 Å². The highest BCUT2D eigenvalue weighted by Gasteiger charge is 2.37. The second-order valence-electron chi connectivity index (χ2n) is 3.80. The van der Waals surface area contributed by atoms with E-state index in [0.717, 1.165) is 5.56 Å². The number of ether oxygens (including phenoxy) is 2. The maximum absolute atomic E-state index is 11.6. The Kier molecular flexibility index (Phi) is 2.73. The number of carbonyl (C=O) groups excluding carboxylic acids is 1. The van der Waals surface area contributed by atoms with Gasteiger partial charge in [0.05, 0.1) is 6.61 Å². The molecule has 0 saturated heterocycles. The van der Waals surface area contributed by atoms with Gasteiger partial charge in [0.15, 0.2) is 0 Å². The summed E-state index contributed by atoms with van der Waals surface area (Å²) >= 11 is 0. The normalized spacial score (nSPS) is 22.4. The summed E-state index contributed by atoms with van der Waals surface area (Å²) in [4.78, 5) is 11.6. The first kappa shape index (κ1) is 10.8. The summed E-state index contributed by atoms with van der Waals surface area (Å²) in [6.45, 7) is 3.98. The van der Waals surface area contributed by atoms with Crippen molar-refractivity contribution >= 4 is 5.97 Å². The van der Waals surface area contributed by atoms with Gasteiger partial charge in [-0.1, -0.05) is 6.92 Å². The third-order valence-corrected chi connectivity index (χ3v) is 2.71. The van der Waals surface area contributed by atoms with Gasteiger partial charge in [0, 0.05) is 11.5 Å². The number of phenolic OH excluding ortho intramolecular Hbond substituents is 1. The molecule has 86 valence electrons. The number of benzene rings is 1.